The molecule has 1 aromatic rings. The Bertz CT molecular complexity index is 742. The quantitative estimate of drug-likeness (QED) is 0.838. The summed E-state index contributed by atoms with van der Waals surface area (Å²) >= 11 is 1.62. The van der Waals surface area contributed by atoms with Crippen molar-refractivity contribution in [1.29, 1.82) is 0 Å². The fourth-order valence-corrected chi connectivity index (χ4v) is 4.17. The van der Waals surface area contributed by atoms with Gasteiger partial charge in [0.1, 0.15) is 5.82 Å². The van der Waals surface area contributed by atoms with Gasteiger partial charge in [-0.2, -0.15) is 0 Å². The Morgan fingerprint density at radius 3 is 3.08 bits per heavy atom. The summed E-state index contributed by atoms with van der Waals surface area (Å²) in [5, 5.41) is 3.09. The molecule has 0 saturated heterocycles. The van der Waals surface area contributed by atoms with Gasteiger partial charge in [0.2, 0.25) is 5.91 Å². The van der Waals surface area contributed by atoms with Crippen molar-refractivity contribution < 1.29 is 4.79 Å². The average Bonchev–Trinajstić information content (AvgIpc) is 3.22. The topological polar surface area (TPSA) is 61.7 Å². The molecule has 7 heteroatoms. The summed E-state index contributed by atoms with van der Waals surface area (Å²) in [5.41, 5.74) is 3.16. The van der Waals surface area contributed by atoms with Crippen molar-refractivity contribution >= 4 is 22.8 Å². The number of rotatable bonds is 4. The third kappa shape index (κ3) is 2.92. The molecule has 0 N–H and O–H groups in total. The third-order valence-electron chi connectivity index (χ3n) is 4.43. The summed E-state index contributed by atoms with van der Waals surface area (Å²) < 4.78 is 0. The highest BCUT2D eigenvalue weighted by Crippen LogP contribution is 2.32. The number of aromatic nitrogens is 2. The van der Waals surface area contributed by atoms with Gasteiger partial charge in [-0.3, -0.25) is 9.79 Å². The number of fused-ring (bicyclic) bond motifs is 2. The SMILES string of the molecule is CC(C)Cc1ncc2c(n1)CN(C(=O)CC1=CSC3=NCCN13)C2. The number of thioether (sulfide) groups is 1. The fourth-order valence-electron chi connectivity index (χ4n) is 3.22. The van der Waals surface area contributed by atoms with E-state index in [0.29, 0.717) is 25.4 Å². The monoisotopic (exact) mass is 343 g/mol. The summed E-state index contributed by atoms with van der Waals surface area (Å²) in [6.45, 7) is 7.27. The first kappa shape index (κ1) is 15.6. The lowest BCUT2D eigenvalue weighted by molar-refractivity contribution is -0.131. The maximum absolute atomic E-state index is 12.7. The standard InChI is InChI=1S/C17H21N5OS/c1-11(2)5-15-19-7-12-8-21(9-14(12)20-15)16(23)6-13-10-24-17-18-3-4-22(13)17/h7,10-11H,3-6,8-9H2,1-2H3. The van der Waals surface area contributed by atoms with Gasteiger partial charge in [-0.25, -0.2) is 9.97 Å². The summed E-state index contributed by atoms with van der Waals surface area (Å²) in [7, 11) is 0. The minimum atomic E-state index is 0.151. The molecule has 1 aromatic heterocycles. The largest absolute Gasteiger partial charge is 0.332 e. The summed E-state index contributed by atoms with van der Waals surface area (Å²) in [5.74, 6) is 1.56. The van der Waals surface area contributed by atoms with Gasteiger partial charge in [-0.05, 0) is 11.3 Å². The van der Waals surface area contributed by atoms with Crippen molar-refractivity contribution in [3.8, 4) is 0 Å². The molecule has 3 aliphatic heterocycles. The average molecular weight is 343 g/mol. The number of aliphatic imine (C=N–C) groups is 1. The zero-order valence-electron chi connectivity index (χ0n) is 14.0. The zero-order valence-corrected chi connectivity index (χ0v) is 14.8. The van der Waals surface area contributed by atoms with Crippen molar-refractivity contribution in [2.45, 2.75) is 39.8 Å². The van der Waals surface area contributed by atoms with Gasteiger partial charge in [-0.1, -0.05) is 25.6 Å². The van der Waals surface area contributed by atoms with Crippen LogP contribution in [-0.2, 0) is 24.3 Å². The smallest absolute Gasteiger partial charge is 0.229 e. The molecular formula is C17H21N5OS. The number of hydrogen-bond donors (Lipinski definition) is 0. The van der Waals surface area contributed by atoms with E-state index in [0.717, 1.165) is 47.5 Å². The van der Waals surface area contributed by atoms with Crippen LogP contribution in [0.5, 0.6) is 0 Å². The molecule has 6 nitrogen and oxygen atoms in total. The number of carbonyl (C=O) groups is 1. The Morgan fingerprint density at radius 2 is 2.25 bits per heavy atom. The molecule has 1 amide bonds. The van der Waals surface area contributed by atoms with Crippen LogP contribution < -0.4 is 0 Å². The van der Waals surface area contributed by atoms with Crippen LogP contribution in [0.2, 0.25) is 0 Å². The summed E-state index contributed by atoms with van der Waals surface area (Å²) in [6, 6.07) is 0. The second kappa shape index (κ2) is 6.20. The number of hydrogen-bond acceptors (Lipinski definition) is 6. The Kier molecular flexibility index (Phi) is 4.04. The molecule has 3 aliphatic rings. The highest BCUT2D eigenvalue weighted by Gasteiger charge is 2.31. The normalized spacial score (nSPS) is 18.8. The minimum absolute atomic E-state index is 0.151. The Balaban J connectivity index is 1.41. The summed E-state index contributed by atoms with van der Waals surface area (Å²) in [4.78, 5) is 30.3. The van der Waals surface area contributed by atoms with E-state index in [1.807, 2.05) is 11.1 Å². The number of carbonyl (C=O) groups excluding carboxylic acids is 1. The van der Waals surface area contributed by atoms with E-state index in [9.17, 15) is 4.79 Å². The van der Waals surface area contributed by atoms with Crippen LogP contribution in [0, 0.1) is 5.92 Å². The first-order chi connectivity index (χ1) is 11.6. The maximum Gasteiger partial charge on any atom is 0.229 e. The molecule has 0 unspecified atom stereocenters. The minimum Gasteiger partial charge on any atom is -0.332 e. The highest BCUT2D eigenvalue weighted by atomic mass is 32.2. The van der Waals surface area contributed by atoms with Crippen LogP contribution in [0.4, 0.5) is 0 Å². The number of amides is 1. The lowest BCUT2D eigenvalue weighted by atomic mass is 10.1. The van der Waals surface area contributed by atoms with E-state index in [-0.39, 0.29) is 5.91 Å². The molecule has 126 valence electrons. The number of nitrogens with zero attached hydrogens (tertiary/aromatic N) is 5. The zero-order chi connectivity index (χ0) is 16.7. The van der Waals surface area contributed by atoms with Gasteiger partial charge in [0.15, 0.2) is 5.17 Å². The molecule has 0 spiro atoms. The van der Waals surface area contributed by atoms with Crippen molar-refractivity contribution in [3.05, 3.63) is 34.4 Å². The third-order valence-corrected chi connectivity index (χ3v) is 5.38. The Labute approximate surface area is 146 Å². The van der Waals surface area contributed by atoms with Crippen LogP contribution >= 0.6 is 11.8 Å². The molecule has 0 saturated carbocycles. The van der Waals surface area contributed by atoms with E-state index in [4.69, 9.17) is 0 Å². The Hall–Kier alpha value is -1.89. The van der Waals surface area contributed by atoms with Crippen LogP contribution in [0.1, 0.15) is 37.4 Å². The maximum atomic E-state index is 12.7. The van der Waals surface area contributed by atoms with Gasteiger partial charge >= 0.3 is 0 Å². The second-order valence-electron chi connectivity index (χ2n) is 6.83. The van der Waals surface area contributed by atoms with E-state index in [2.05, 4.69) is 39.1 Å². The molecule has 0 aromatic carbocycles. The van der Waals surface area contributed by atoms with Crippen molar-refractivity contribution in [2.24, 2.45) is 10.9 Å². The lowest BCUT2D eigenvalue weighted by Crippen LogP contribution is -2.29. The summed E-state index contributed by atoms with van der Waals surface area (Å²) in [6.07, 6.45) is 3.21. The van der Waals surface area contributed by atoms with E-state index in [1.54, 1.807) is 11.8 Å². The van der Waals surface area contributed by atoms with Gasteiger partial charge < -0.3 is 9.80 Å². The van der Waals surface area contributed by atoms with Gasteiger partial charge in [-0.15, -0.1) is 0 Å². The molecular weight excluding hydrogens is 322 g/mol. The van der Waals surface area contributed by atoms with Crippen molar-refractivity contribution in [3.63, 3.8) is 0 Å². The lowest BCUT2D eigenvalue weighted by Gasteiger charge is -2.19. The fraction of sp³-hybridized carbons (Fsp3) is 0.529. The van der Waals surface area contributed by atoms with Crippen molar-refractivity contribution in [2.75, 3.05) is 13.1 Å². The molecule has 24 heavy (non-hydrogen) atoms. The number of amidine groups is 1. The predicted octanol–water partition coefficient (Wildman–Crippen LogP) is 2.17. The first-order valence-corrected chi connectivity index (χ1v) is 9.27. The first-order valence-electron chi connectivity index (χ1n) is 8.39. The molecule has 0 atom stereocenters. The molecule has 4 rings (SSSR count). The molecule has 4 heterocycles. The van der Waals surface area contributed by atoms with Crippen LogP contribution in [-0.4, -0.2) is 43.9 Å². The predicted molar refractivity (Wildman–Crippen MR) is 94.1 cm³/mol. The van der Waals surface area contributed by atoms with E-state index >= 15 is 0 Å². The second-order valence-corrected chi connectivity index (χ2v) is 7.66. The van der Waals surface area contributed by atoms with Crippen LogP contribution in [0.3, 0.4) is 0 Å². The van der Waals surface area contributed by atoms with Crippen LogP contribution in [0.25, 0.3) is 0 Å². The molecule has 0 bridgehead atoms. The molecule has 0 aliphatic carbocycles. The van der Waals surface area contributed by atoms with Crippen molar-refractivity contribution in [1.82, 2.24) is 19.8 Å². The van der Waals surface area contributed by atoms with E-state index in [1.165, 1.54) is 0 Å². The van der Waals surface area contributed by atoms with E-state index < -0.39 is 0 Å². The highest BCUT2D eigenvalue weighted by molar-refractivity contribution is 8.16. The van der Waals surface area contributed by atoms with Gasteiger partial charge in [0.05, 0.1) is 25.2 Å². The van der Waals surface area contributed by atoms with Crippen LogP contribution in [0.15, 0.2) is 22.3 Å². The molecule has 0 fully saturated rings. The van der Waals surface area contributed by atoms with Gasteiger partial charge in [0.25, 0.3) is 0 Å². The molecule has 0 radical (unpaired) electrons. The van der Waals surface area contributed by atoms with Gasteiger partial charge in [0, 0.05) is 37.0 Å². The Morgan fingerprint density at radius 1 is 1.38 bits per heavy atom.